The molecule has 0 amide bonds. The Labute approximate surface area is 94.7 Å². The zero-order chi connectivity index (χ0) is 10.4. The van der Waals surface area contributed by atoms with E-state index in [0.717, 1.165) is 17.1 Å². The van der Waals surface area contributed by atoms with Crippen LogP contribution in [0.3, 0.4) is 0 Å². The van der Waals surface area contributed by atoms with Crippen molar-refractivity contribution < 1.29 is 0 Å². The van der Waals surface area contributed by atoms with Gasteiger partial charge in [-0.3, -0.25) is 0 Å². The molecule has 0 spiro atoms. The lowest BCUT2D eigenvalue weighted by Gasteiger charge is -2.09. The fourth-order valence-corrected chi connectivity index (χ4v) is 2.74. The molecule has 4 heteroatoms. The molecule has 0 bridgehead atoms. The van der Waals surface area contributed by atoms with Gasteiger partial charge in [-0.25, -0.2) is 0 Å². The SMILES string of the molecule is CC(C)Sc1nnc(C2CC2)n1C1CC1. The summed E-state index contributed by atoms with van der Waals surface area (Å²) in [5, 5.41) is 10.5. The molecule has 1 aromatic heterocycles. The van der Waals surface area contributed by atoms with Crippen molar-refractivity contribution in [3.05, 3.63) is 5.82 Å². The van der Waals surface area contributed by atoms with Crippen molar-refractivity contribution in [1.82, 2.24) is 14.8 Å². The second-order valence-electron chi connectivity index (χ2n) is 4.88. The Bertz CT molecular complexity index is 364. The Morgan fingerprint density at radius 2 is 1.93 bits per heavy atom. The third-order valence-corrected chi connectivity index (χ3v) is 3.85. The first-order chi connectivity index (χ1) is 7.25. The topological polar surface area (TPSA) is 30.7 Å². The van der Waals surface area contributed by atoms with E-state index in [1.807, 2.05) is 11.8 Å². The average molecular weight is 223 g/mol. The van der Waals surface area contributed by atoms with Crippen molar-refractivity contribution in [3.63, 3.8) is 0 Å². The van der Waals surface area contributed by atoms with Crippen LogP contribution in [-0.4, -0.2) is 20.0 Å². The molecular weight excluding hydrogens is 206 g/mol. The maximum atomic E-state index is 4.38. The van der Waals surface area contributed by atoms with Gasteiger partial charge < -0.3 is 4.57 Å². The van der Waals surface area contributed by atoms with E-state index in [1.54, 1.807) is 0 Å². The highest BCUT2D eigenvalue weighted by Gasteiger charge is 2.36. The number of aromatic nitrogens is 3. The number of hydrogen-bond acceptors (Lipinski definition) is 3. The predicted octanol–water partition coefficient (Wildman–Crippen LogP) is 2.99. The maximum absolute atomic E-state index is 4.38. The molecule has 3 rings (SSSR count). The van der Waals surface area contributed by atoms with Gasteiger partial charge in [0.1, 0.15) is 5.82 Å². The van der Waals surface area contributed by atoms with Gasteiger partial charge in [-0.15, -0.1) is 10.2 Å². The minimum atomic E-state index is 0.596. The standard InChI is InChI=1S/C11H17N3S/c1-7(2)15-11-13-12-10(8-3-4-8)14(11)9-5-6-9/h7-9H,3-6H2,1-2H3. The fraction of sp³-hybridized carbons (Fsp3) is 0.818. The first-order valence-corrected chi connectivity index (χ1v) is 6.75. The number of hydrogen-bond donors (Lipinski definition) is 0. The predicted molar refractivity (Wildman–Crippen MR) is 61.3 cm³/mol. The van der Waals surface area contributed by atoms with Gasteiger partial charge in [0.25, 0.3) is 0 Å². The van der Waals surface area contributed by atoms with Crippen molar-refractivity contribution in [2.24, 2.45) is 0 Å². The lowest BCUT2D eigenvalue weighted by Crippen LogP contribution is -2.03. The van der Waals surface area contributed by atoms with E-state index in [1.165, 1.54) is 31.5 Å². The average Bonchev–Trinajstić information content (AvgIpc) is 3.06. The van der Waals surface area contributed by atoms with Crippen molar-refractivity contribution in [3.8, 4) is 0 Å². The summed E-state index contributed by atoms with van der Waals surface area (Å²) in [6, 6.07) is 0.719. The van der Waals surface area contributed by atoms with Crippen LogP contribution in [0.4, 0.5) is 0 Å². The number of thioether (sulfide) groups is 1. The summed E-state index contributed by atoms with van der Waals surface area (Å²) in [7, 11) is 0. The first kappa shape index (κ1) is 9.70. The lowest BCUT2D eigenvalue weighted by atomic mass is 10.4. The zero-order valence-electron chi connectivity index (χ0n) is 9.31. The summed E-state index contributed by atoms with van der Waals surface area (Å²) in [4.78, 5) is 0. The quantitative estimate of drug-likeness (QED) is 0.735. The summed E-state index contributed by atoms with van der Waals surface area (Å²) >= 11 is 1.85. The molecule has 15 heavy (non-hydrogen) atoms. The molecule has 0 aromatic carbocycles. The van der Waals surface area contributed by atoms with Gasteiger partial charge >= 0.3 is 0 Å². The van der Waals surface area contributed by atoms with Gasteiger partial charge in [-0.2, -0.15) is 0 Å². The highest BCUT2D eigenvalue weighted by molar-refractivity contribution is 7.99. The third kappa shape index (κ3) is 1.92. The summed E-state index contributed by atoms with van der Waals surface area (Å²) in [6.07, 6.45) is 5.28. The number of rotatable bonds is 4. The normalized spacial score (nSPS) is 21.3. The van der Waals surface area contributed by atoms with Crippen molar-refractivity contribution in [1.29, 1.82) is 0 Å². The van der Waals surface area contributed by atoms with E-state index >= 15 is 0 Å². The van der Waals surface area contributed by atoms with Crippen LogP contribution >= 0.6 is 11.8 Å². The maximum Gasteiger partial charge on any atom is 0.191 e. The third-order valence-electron chi connectivity index (χ3n) is 2.89. The van der Waals surface area contributed by atoms with Gasteiger partial charge in [-0.05, 0) is 25.7 Å². The molecule has 0 aliphatic heterocycles. The van der Waals surface area contributed by atoms with E-state index in [-0.39, 0.29) is 0 Å². The van der Waals surface area contributed by atoms with Gasteiger partial charge in [-0.1, -0.05) is 25.6 Å². The first-order valence-electron chi connectivity index (χ1n) is 5.87. The summed E-state index contributed by atoms with van der Waals surface area (Å²) in [5.74, 6) is 1.99. The van der Waals surface area contributed by atoms with Crippen LogP contribution < -0.4 is 0 Å². The Morgan fingerprint density at radius 1 is 1.20 bits per heavy atom. The van der Waals surface area contributed by atoms with Crippen molar-refractivity contribution >= 4 is 11.8 Å². The smallest absolute Gasteiger partial charge is 0.191 e. The van der Waals surface area contributed by atoms with Crippen LogP contribution in [0.25, 0.3) is 0 Å². The van der Waals surface area contributed by atoms with E-state index in [0.29, 0.717) is 5.25 Å². The highest BCUT2D eigenvalue weighted by Crippen LogP contribution is 2.46. The number of nitrogens with zero attached hydrogens (tertiary/aromatic N) is 3. The van der Waals surface area contributed by atoms with Crippen LogP contribution in [0.5, 0.6) is 0 Å². The Morgan fingerprint density at radius 3 is 2.47 bits per heavy atom. The van der Waals surface area contributed by atoms with E-state index < -0.39 is 0 Å². The van der Waals surface area contributed by atoms with Gasteiger partial charge in [0, 0.05) is 17.2 Å². The molecule has 82 valence electrons. The monoisotopic (exact) mass is 223 g/mol. The molecule has 0 unspecified atom stereocenters. The molecule has 1 aromatic rings. The Kier molecular flexibility index (Phi) is 2.27. The Balaban J connectivity index is 1.91. The molecule has 0 atom stereocenters. The second kappa shape index (κ2) is 3.51. The molecule has 0 N–H and O–H groups in total. The molecule has 0 radical (unpaired) electrons. The van der Waals surface area contributed by atoms with Gasteiger partial charge in [0.15, 0.2) is 5.16 Å². The van der Waals surface area contributed by atoms with Crippen LogP contribution in [0, 0.1) is 0 Å². The fourth-order valence-electron chi connectivity index (χ4n) is 1.88. The zero-order valence-corrected chi connectivity index (χ0v) is 10.1. The molecule has 2 fully saturated rings. The van der Waals surface area contributed by atoms with E-state index in [2.05, 4.69) is 28.6 Å². The van der Waals surface area contributed by atoms with Crippen molar-refractivity contribution in [2.75, 3.05) is 0 Å². The summed E-state index contributed by atoms with van der Waals surface area (Å²) in [5.41, 5.74) is 0. The van der Waals surface area contributed by atoms with Crippen LogP contribution in [0.1, 0.15) is 57.3 Å². The summed E-state index contributed by atoms with van der Waals surface area (Å²) < 4.78 is 2.42. The van der Waals surface area contributed by atoms with Gasteiger partial charge in [0.2, 0.25) is 0 Å². The second-order valence-corrected chi connectivity index (χ2v) is 6.43. The van der Waals surface area contributed by atoms with E-state index in [4.69, 9.17) is 0 Å². The molecule has 2 aliphatic carbocycles. The molecule has 1 heterocycles. The Hall–Kier alpha value is -0.510. The minimum absolute atomic E-state index is 0.596. The molecule has 2 saturated carbocycles. The van der Waals surface area contributed by atoms with Crippen LogP contribution in [0.15, 0.2) is 5.16 Å². The molecule has 3 nitrogen and oxygen atoms in total. The van der Waals surface area contributed by atoms with Gasteiger partial charge in [0.05, 0.1) is 0 Å². The van der Waals surface area contributed by atoms with Crippen LogP contribution in [-0.2, 0) is 0 Å². The molecule has 0 saturated heterocycles. The minimum Gasteiger partial charge on any atom is -0.303 e. The summed E-state index contributed by atoms with van der Waals surface area (Å²) in [6.45, 7) is 4.43. The van der Waals surface area contributed by atoms with Crippen molar-refractivity contribution in [2.45, 2.75) is 61.9 Å². The molecule has 2 aliphatic rings. The highest BCUT2D eigenvalue weighted by atomic mass is 32.2. The van der Waals surface area contributed by atoms with E-state index in [9.17, 15) is 0 Å². The largest absolute Gasteiger partial charge is 0.303 e. The lowest BCUT2D eigenvalue weighted by molar-refractivity contribution is 0.626. The molecular formula is C11H17N3S. The van der Waals surface area contributed by atoms with Crippen LogP contribution in [0.2, 0.25) is 0 Å².